The fourth-order valence-corrected chi connectivity index (χ4v) is 3.98. The van der Waals surface area contributed by atoms with Crippen LogP contribution in [-0.4, -0.2) is 168 Å². The molecule has 3 saturated heterocycles. The molecule has 0 aromatic rings. The second kappa shape index (κ2) is 11.6. The van der Waals surface area contributed by atoms with E-state index in [-0.39, 0.29) is 0 Å². The minimum Gasteiger partial charge on any atom is -0.394 e. The Hall–Kier alpha value is -0.640. The molecule has 34 heavy (non-hydrogen) atoms. The van der Waals surface area contributed by atoms with Crippen molar-refractivity contribution < 1.29 is 79.9 Å². The Bertz CT molecular complexity index is 641. The Morgan fingerprint density at radius 1 is 0.618 bits per heavy atom. The predicted molar refractivity (Wildman–Crippen MR) is 101 cm³/mol. The lowest BCUT2D eigenvalue weighted by Gasteiger charge is -2.38. The van der Waals surface area contributed by atoms with E-state index >= 15 is 0 Å². The smallest absolute Gasteiger partial charge is 0.187 e. The van der Waals surface area contributed by atoms with Crippen LogP contribution in [0.5, 0.6) is 0 Å². The Morgan fingerprint density at radius 3 is 1.82 bits per heavy atom. The second-order valence-corrected chi connectivity index (χ2v) is 8.38. The average Bonchev–Trinajstić information content (AvgIpc) is 3.27. The van der Waals surface area contributed by atoms with Crippen LogP contribution in [0, 0.1) is 0 Å². The van der Waals surface area contributed by atoms with Crippen molar-refractivity contribution in [1.82, 2.24) is 0 Å². The summed E-state index contributed by atoms with van der Waals surface area (Å²) in [6.45, 7) is -2.13. The predicted octanol–water partition coefficient (Wildman–Crippen LogP) is -7.57. The van der Waals surface area contributed by atoms with Gasteiger partial charge in [0.2, 0.25) is 0 Å². The van der Waals surface area contributed by atoms with Crippen LogP contribution in [-0.2, 0) is 23.7 Å². The molecule has 0 bridgehead atoms. The highest BCUT2D eigenvalue weighted by Crippen LogP contribution is 2.31. The van der Waals surface area contributed by atoms with Gasteiger partial charge in [-0.15, -0.1) is 0 Å². The standard InChI is InChI=1S/C18H32O16/c19-1-4(21)14-9(24)13(28)18(33-14)32-5(2-20)15-10(25)12(27)17(34-15)30-3-6-7(22)8(23)11(26)16(29)31-6/h4-29H,1-3H2/t4-,5-,6-,7-,8+,9-,10-,11+,12-,13-,14+,15+,16?,17-,18-/m1/s1. The highest BCUT2D eigenvalue weighted by Gasteiger charge is 2.52. The number of aliphatic hydroxyl groups is 11. The van der Waals surface area contributed by atoms with Crippen LogP contribution < -0.4 is 0 Å². The Morgan fingerprint density at radius 2 is 1.21 bits per heavy atom. The van der Waals surface area contributed by atoms with Gasteiger partial charge < -0.3 is 79.9 Å². The zero-order valence-electron chi connectivity index (χ0n) is 17.7. The summed E-state index contributed by atoms with van der Waals surface area (Å²) < 4.78 is 26.2. The van der Waals surface area contributed by atoms with Crippen molar-refractivity contribution >= 4 is 0 Å². The molecule has 3 rings (SSSR count). The molecule has 1 unspecified atom stereocenters. The largest absolute Gasteiger partial charge is 0.394 e. The summed E-state index contributed by atoms with van der Waals surface area (Å²) in [6.07, 6.45) is -23.9. The molecule has 16 heteroatoms. The molecule has 0 amide bonds. The summed E-state index contributed by atoms with van der Waals surface area (Å²) in [6, 6.07) is 0. The molecule has 3 aliphatic rings. The Kier molecular flexibility index (Phi) is 9.54. The minimum absolute atomic E-state index is 0.550. The number of hydrogen-bond donors (Lipinski definition) is 11. The van der Waals surface area contributed by atoms with Crippen LogP contribution in [0.4, 0.5) is 0 Å². The van der Waals surface area contributed by atoms with Crippen LogP contribution in [0.1, 0.15) is 0 Å². The number of aliphatic hydroxyl groups excluding tert-OH is 11. The van der Waals surface area contributed by atoms with Gasteiger partial charge in [0.1, 0.15) is 73.2 Å². The van der Waals surface area contributed by atoms with E-state index in [1.807, 2.05) is 0 Å². The maximum absolute atomic E-state index is 10.3. The second-order valence-electron chi connectivity index (χ2n) is 8.38. The van der Waals surface area contributed by atoms with E-state index in [1.165, 1.54) is 0 Å². The monoisotopic (exact) mass is 504 g/mol. The molecule has 3 heterocycles. The van der Waals surface area contributed by atoms with Crippen LogP contribution in [0.15, 0.2) is 0 Å². The molecule has 3 fully saturated rings. The first-order valence-electron chi connectivity index (χ1n) is 10.6. The minimum atomic E-state index is -1.81. The van der Waals surface area contributed by atoms with Crippen molar-refractivity contribution in [2.75, 3.05) is 19.8 Å². The van der Waals surface area contributed by atoms with Crippen LogP contribution >= 0.6 is 0 Å². The summed E-state index contributed by atoms with van der Waals surface area (Å²) in [5, 5.41) is 108. The quantitative estimate of drug-likeness (QED) is 0.139. The first kappa shape index (κ1) is 27.9. The fraction of sp³-hybridized carbons (Fsp3) is 1.00. The SMILES string of the molecule is OC[C@@H](O)[C@@H]1O[C@@H](O[C@H](CO)[C@@H]2O[C@@H](OC[C@H]3OC(O)[C@@H](O)[C@@H](O)[C@@H]3O)[C@H](O)[C@H]2O)[C@H](O)[C@H]1O. The van der Waals surface area contributed by atoms with Gasteiger partial charge in [-0.25, -0.2) is 0 Å². The zero-order chi connectivity index (χ0) is 25.3. The molecule has 0 spiro atoms. The zero-order valence-corrected chi connectivity index (χ0v) is 17.7. The number of hydrogen-bond acceptors (Lipinski definition) is 16. The van der Waals surface area contributed by atoms with Gasteiger partial charge >= 0.3 is 0 Å². The van der Waals surface area contributed by atoms with Crippen molar-refractivity contribution in [3.63, 3.8) is 0 Å². The number of ether oxygens (including phenoxy) is 5. The normalized spacial score (nSPS) is 49.3. The lowest BCUT2D eigenvalue weighted by atomic mass is 9.99. The van der Waals surface area contributed by atoms with E-state index in [0.717, 1.165) is 0 Å². The van der Waals surface area contributed by atoms with Gasteiger partial charge in [-0.05, 0) is 0 Å². The summed E-state index contributed by atoms with van der Waals surface area (Å²) >= 11 is 0. The fourth-order valence-electron chi connectivity index (χ4n) is 3.98. The Balaban J connectivity index is 1.59. The molecule has 0 aromatic heterocycles. The molecular weight excluding hydrogens is 472 g/mol. The van der Waals surface area contributed by atoms with Gasteiger partial charge in [-0.1, -0.05) is 0 Å². The average molecular weight is 504 g/mol. The van der Waals surface area contributed by atoms with Crippen molar-refractivity contribution in [3.8, 4) is 0 Å². The summed E-state index contributed by atoms with van der Waals surface area (Å²) in [4.78, 5) is 0. The molecule has 3 aliphatic heterocycles. The van der Waals surface area contributed by atoms with E-state index in [0.29, 0.717) is 0 Å². The van der Waals surface area contributed by atoms with Crippen molar-refractivity contribution in [2.45, 2.75) is 92.1 Å². The highest BCUT2D eigenvalue weighted by atomic mass is 16.7. The van der Waals surface area contributed by atoms with Crippen LogP contribution in [0.2, 0.25) is 0 Å². The van der Waals surface area contributed by atoms with Gasteiger partial charge in [-0.3, -0.25) is 0 Å². The molecule has 0 aromatic carbocycles. The molecule has 200 valence electrons. The molecule has 0 aliphatic carbocycles. The van der Waals surface area contributed by atoms with Crippen LogP contribution in [0.3, 0.4) is 0 Å². The van der Waals surface area contributed by atoms with Crippen molar-refractivity contribution in [2.24, 2.45) is 0 Å². The molecule has 15 atom stereocenters. The van der Waals surface area contributed by atoms with Gasteiger partial charge in [0.05, 0.1) is 19.8 Å². The lowest BCUT2D eigenvalue weighted by molar-refractivity contribution is -0.299. The third-order valence-corrected chi connectivity index (χ3v) is 6.05. The first-order valence-corrected chi connectivity index (χ1v) is 10.6. The number of rotatable bonds is 9. The molecule has 0 saturated carbocycles. The molecule has 0 radical (unpaired) electrons. The van der Waals surface area contributed by atoms with E-state index in [9.17, 15) is 51.1 Å². The maximum Gasteiger partial charge on any atom is 0.187 e. The molecule has 16 nitrogen and oxygen atoms in total. The topological polar surface area (TPSA) is 269 Å². The van der Waals surface area contributed by atoms with Crippen molar-refractivity contribution in [3.05, 3.63) is 0 Å². The summed E-state index contributed by atoms with van der Waals surface area (Å²) in [5.41, 5.74) is 0. The van der Waals surface area contributed by atoms with Gasteiger partial charge in [0.25, 0.3) is 0 Å². The summed E-state index contributed by atoms with van der Waals surface area (Å²) in [7, 11) is 0. The van der Waals surface area contributed by atoms with E-state index in [2.05, 4.69) is 0 Å². The first-order chi connectivity index (χ1) is 16.0. The van der Waals surface area contributed by atoms with Crippen molar-refractivity contribution in [1.29, 1.82) is 0 Å². The third kappa shape index (κ3) is 5.52. The van der Waals surface area contributed by atoms with Gasteiger partial charge in [0.15, 0.2) is 18.9 Å². The third-order valence-electron chi connectivity index (χ3n) is 6.05. The highest BCUT2D eigenvalue weighted by molar-refractivity contribution is 4.95. The van der Waals surface area contributed by atoms with E-state index in [1.54, 1.807) is 0 Å². The molecular formula is C18H32O16. The van der Waals surface area contributed by atoms with Crippen LogP contribution in [0.25, 0.3) is 0 Å². The Labute approximate surface area is 192 Å². The van der Waals surface area contributed by atoms with E-state index < -0.39 is 112 Å². The summed E-state index contributed by atoms with van der Waals surface area (Å²) in [5.74, 6) is 0. The van der Waals surface area contributed by atoms with E-state index in [4.69, 9.17) is 28.8 Å². The maximum atomic E-state index is 10.3. The van der Waals surface area contributed by atoms with Gasteiger partial charge in [0, 0.05) is 0 Å². The van der Waals surface area contributed by atoms with Gasteiger partial charge in [-0.2, -0.15) is 0 Å². The molecule has 11 N–H and O–H groups in total. The lowest BCUT2D eigenvalue weighted by Crippen LogP contribution is -2.58.